The molecule has 1 aliphatic rings. The number of urea groups is 1. The number of benzene rings is 1. The fourth-order valence-corrected chi connectivity index (χ4v) is 2.79. The highest BCUT2D eigenvalue weighted by Crippen LogP contribution is 2.34. The summed E-state index contributed by atoms with van der Waals surface area (Å²) in [4.78, 5) is 22.8. The van der Waals surface area contributed by atoms with Crippen molar-refractivity contribution >= 4 is 23.4 Å². The van der Waals surface area contributed by atoms with Crippen LogP contribution in [0.3, 0.4) is 0 Å². The van der Waals surface area contributed by atoms with Crippen LogP contribution in [0.5, 0.6) is 11.5 Å². The molecule has 0 atom stereocenters. The molecule has 0 saturated carbocycles. The number of ether oxygens (including phenoxy) is 2. The van der Waals surface area contributed by atoms with E-state index < -0.39 is 6.03 Å². The van der Waals surface area contributed by atoms with Crippen molar-refractivity contribution < 1.29 is 14.3 Å². The zero-order valence-electron chi connectivity index (χ0n) is 14.3. The molecule has 0 bridgehead atoms. The molecule has 1 aromatic heterocycles. The molecule has 1 saturated heterocycles. The van der Waals surface area contributed by atoms with E-state index in [0.717, 1.165) is 31.7 Å². The number of methoxy groups -OCH3 is 2. The average Bonchev–Trinajstić information content (AvgIpc) is 3.16. The van der Waals surface area contributed by atoms with E-state index >= 15 is 0 Å². The predicted molar refractivity (Wildman–Crippen MR) is 95.7 cm³/mol. The average molecular weight is 343 g/mol. The van der Waals surface area contributed by atoms with E-state index in [1.54, 1.807) is 31.4 Å². The number of carbonyl (C=O) groups is 1. The Hall–Kier alpha value is -3.03. The molecule has 0 radical (unpaired) electrons. The lowest BCUT2D eigenvalue weighted by Gasteiger charge is -2.17. The first-order valence-corrected chi connectivity index (χ1v) is 8.07. The molecule has 8 nitrogen and oxygen atoms in total. The number of amides is 2. The van der Waals surface area contributed by atoms with Gasteiger partial charge in [-0.15, -0.1) is 0 Å². The van der Waals surface area contributed by atoms with E-state index in [-0.39, 0.29) is 0 Å². The Morgan fingerprint density at radius 2 is 1.92 bits per heavy atom. The molecule has 3 rings (SSSR count). The fraction of sp³-hybridized carbons (Fsp3) is 0.353. The molecule has 0 aliphatic carbocycles. The van der Waals surface area contributed by atoms with Gasteiger partial charge >= 0.3 is 6.03 Å². The van der Waals surface area contributed by atoms with E-state index in [0.29, 0.717) is 23.0 Å². The highest BCUT2D eigenvalue weighted by molar-refractivity contribution is 6.00. The first-order valence-electron chi connectivity index (χ1n) is 8.07. The Balaban J connectivity index is 1.70. The number of rotatable bonds is 5. The molecule has 2 heterocycles. The lowest BCUT2D eigenvalue weighted by atomic mass is 10.2. The molecule has 132 valence electrons. The second-order valence-corrected chi connectivity index (χ2v) is 5.58. The van der Waals surface area contributed by atoms with Crippen molar-refractivity contribution in [3.63, 3.8) is 0 Å². The van der Waals surface area contributed by atoms with Crippen molar-refractivity contribution in [1.29, 1.82) is 0 Å². The summed E-state index contributed by atoms with van der Waals surface area (Å²) in [6.45, 7) is 1.95. The third-order valence-electron chi connectivity index (χ3n) is 3.98. The maximum Gasteiger partial charge on any atom is 0.324 e. The molecular formula is C17H21N5O3. The van der Waals surface area contributed by atoms with Crippen LogP contribution in [0.15, 0.2) is 30.6 Å². The van der Waals surface area contributed by atoms with E-state index in [1.165, 1.54) is 13.4 Å². The molecular weight excluding hydrogens is 322 g/mol. The maximum atomic E-state index is 12.3. The van der Waals surface area contributed by atoms with Crippen molar-refractivity contribution in [2.45, 2.75) is 12.8 Å². The number of nitrogens with zero attached hydrogens (tertiary/aromatic N) is 3. The summed E-state index contributed by atoms with van der Waals surface area (Å²) in [7, 11) is 3.07. The minimum atomic E-state index is -0.419. The Morgan fingerprint density at radius 3 is 2.64 bits per heavy atom. The van der Waals surface area contributed by atoms with Crippen LogP contribution in [0, 0.1) is 0 Å². The topological polar surface area (TPSA) is 88.6 Å². The van der Waals surface area contributed by atoms with Gasteiger partial charge in [0.1, 0.15) is 18.0 Å². The number of hydrogen-bond acceptors (Lipinski definition) is 6. The molecule has 0 spiro atoms. The van der Waals surface area contributed by atoms with Crippen LogP contribution in [-0.4, -0.2) is 43.3 Å². The Bertz CT molecular complexity index is 747. The van der Waals surface area contributed by atoms with Crippen molar-refractivity contribution in [3.05, 3.63) is 30.6 Å². The van der Waals surface area contributed by atoms with E-state index in [2.05, 4.69) is 25.5 Å². The molecule has 1 fully saturated rings. The summed E-state index contributed by atoms with van der Waals surface area (Å²) in [6.07, 6.45) is 3.77. The van der Waals surface area contributed by atoms with Gasteiger partial charge in [0.15, 0.2) is 11.5 Å². The molecule has 2 aromatic rings. The van der Waals surface area contributed by atoms with Gasteiger partial charge < -0.3 is 19.7 Å². The Morgan fingerprint density at radius 1 is 1.12 bits per heavy atom. The number of para-hydroxylation sites is 1. The quantitative estimate of drug-likeness (QED) is 0.868. The number of hydrogen-bond donors (Lipinski definition) is 2. The van der Waals surface area contributed by atoms with Gasteiger partial charge in [0.2, 0.25) is 0 Å². The molecule has 8 heteroatoms. The minimum Gasteiger partial charge on any atom is -0.493 e. The Labute approximate surface area is 146 Å². The normalized spacial score (nSPS) is 13.4. The molecule has 1 aromatic carbocycles. The number of anilines is 3. The van der Waals surface area contributed by atoms with Crippen LogP contribution < -0.4 is 25.0 Å². The first kappa shape index (κ1) is 16.8. The van der Waals surface area contributed by atoms with Crippen LogP contribution in [0.25, 0.3) is 0 Å². The highest BCUT2D eigenvalue weighted by Gasteiger charge is 2.16. The van der Waals surface area contributed by atoms with Gasteiger partial charge in [-0.25, -0.2) is 14.8 Å². The second kappa shape index (κ2) is 7.69. The van der Waals surface area contributed by atoms with Gasteiger partial charge in [0.05, 0.1) is 19.9 Å². The molecule has 1 aliphatic heterocycles. The molecule has 25 heavy (non-hydrogen) atoms. The summed E-state index contributed by atoms with van der Waals surface area (Å²) >= 11 is 0. The third kappa shape index (κ3) is 3.90. The van der Waals surface area contributed by atoms with E-state index in [9.17, 15) is 4.79 Å². The second-order valence-electron chi connectivity index (χ2n) is 5.58. The lowest BCUT2D eigenvalue weighted by molar-refractivity contribution is 0.262. The summed E-state index contributed by atoms with van der Waals surface area (Å²) in [5.41, 5.74) is 0.508. The molecule has 2 amide bonds. The van der Waals surface area contributed by atoms with Crippen molar-refractivity contribution in [2.75, 3.05) is 42.8 Å². The minimum absolute atomic E-state index is 0.419. The monoisotopic (exact) mass is 343 g/mol. The zero-order chi connectivity index (χ0) is 17.6. The summed E-state index contributed by atoms with van der Waals surface area (Å²) in [6, 6.07) is 6.61. The third-order valence-corrected chi connectivity index (χ3v) is 3.98. The van der Waals surface area contributed by atoms with Crippen molar-refractivity contribution in [2.24, 2.45) is 0 Å². The van der Waals surface area contributed by atoms with Gasteiger partial charge in [-0.1, -0.05) is 6.07 Å². The zero-order valence-corrected chi connectivity index (χ0v) is 14.3. The predicted octanol–water partition coefficient (Wildman–Crippen LogP) is 2.74. The van der Waals surface area contributed by atoms with Crippen LogP contribution in [0.2, 0.25) is 0 Å². The van der Waals surface area contributed by atoms with E-state index in [1.807, 2.05) is 0 Å². The molecule has 2 N–H and O–H groups in total. The van der Waals surface area contributed by atoms with Gasteiger partial charge in [-0.3, -0.25) is 5.32 Å². The highest BCUT2D eigenvalue weighted by atomic mass is 16.5. The van der Waals surface area contributed by atoms with Gasteiger partial charge in [0.25, 0.3) is 0 Å². The van der Waals surface area contributed by atoms with Crippen molar-refractivity contribution in [1.82, 2.24) is 9.97 Å². The number of carbonyl (C=O) groups excluding carboxylic acids is 1. The largest absolute Gasteiger partial charge is 0.493 e. The van der Waals surface area contributed by atoms with Crippen LogP contribution in [0.4, 0.5) is 22.1 Å². The van der Waals surface area contributed by atoms with E-state index in [4.69, 9.17) is 9.47 Å². The summed E-state index contributed by atoms with van der Waals surface area (Å²) in [5, 5.41) is 5.46. The van der Waals surface area contributed by atoms with Crippen LogP contribution in [-0.2, 0) is 0 Å². The number of nitrogens with one attached hydrogen (secondary N) is 2. The lowest BCUT2D eigenvalue weighted by Crippen LogP contribution is -2.22. The smallest absolute Gasteiger partial charge is 0.324 e. The number of aromatic nitrogens is 2. The van der Waals surface area contributed by atoms with Gasteiger partial charge in [-0.2, -0.15) is 0 Å². The van der Waals surface area contributed by atoms with Crippen LogP contribution in [0.1, 0.15) is 12.8 Å². The first-order chi connectivity index (χ1) is 12.2. The van der Waals surface area contributed by atoms with Crippen molar-refractivity contribution in [3.8, 4) is 11.5 Å². The standard InChI is InChI=1S/C17H21N5O3/c1-24-13-7-5-6-12(16(13)25-2)20-17(23)21-14-10-15(19-11-18-14)22-8-3-4-9-22/h5-7,10-11H,3-4,8-9H2,1-2H3,(H2,18,19,20,21,23). The van der Waals surface area contributed by atoms with Crippen LogP contribution >= 0.6 is 0 Å². The molecule has 0 unspecified atom stereocenters. The fourth-order valence-electron chi connectivity index (χ4n) is 2.79. The summed E-state index contributed by atoms with van der Waals surface area (Å²) < 4.78 is 10.5. The van der Waals surface area contributed by atoms with Gasteiger partial charge in [0, 0.05) is 19.2 Å². The maximum absolute atomic E-state index is 12.3. The summed E-state index contributed by atoms with van der Waals surface area (Å²) in [5.74, 6) is 2.26. The van der Waals surface area contributed by atoms with Gasteiger partial charge in [-0.05, 0) is 25.0 Å². The SMILES string of the molecule is COc1cccc(NC(=O)Nc2cc(N3CCCC3)ncn2)c1OC. The Kier molecular flexibility index (Phi) is 5.17.